The van der Waals surface area contributed by atoms with E-state index in [2.05, 4.69) is 46.9 Å². The van der Waals surface area contributed by atoms with Crippen molar-refractivity contribution in [2.24, 2.45) is 0 Å². The van der Waals surface area contributed by atoms with Gasteiger partial charge in [0.1, 0.15) is 22.4 Å². The van der Waals surface area contributed by atoms with Gasteiger partial charge in [0.25, 0.3) is 0 Å². The zero-order valence-electron chi connectivity index (χ0n) is 10.2. The maximum absolute atomic E-state index is 4.42. The Labute approximate surface area is 118 Å². The number of thiazole rings is 1. The van der Waals surface area contributed by atoms with Crippen molar-refractivity contribution in [1.29, 1.82) is 0 Å². The Morgan fingerprint density at radius 3 is 2.78 bits per heavy atom. The standard InChI is InChI=1S/C11H14BrN5S/c1-7-5-18-8(17-7)3-4-14-11-9(12)10(13-2)15-6-16-11/h5-6H,3-4H2,1-2H3,(H2,13,14,15,16). The van der Waals surface area contributed by atoms with Gasteiger partial charge in [0.05, 0.1) is 5.01 Å². The van der Waals surface area contributed by atoms with Crippen molar-refractivity contribution in [2.75, 3.05) is 24.2 Å². The van der Waals surface area contributed by atoms with Crippen molar-refractivity contribution in [2.45, 2.75) is 13.3 Å². The number of nitrogens with zero attached hydrogens (tertiary/aromatic N) is 3. The molecule has 0 fully saturated rings. The molecular formula is C11H14BrN5S. The smallest absolute Gasteiger partial charge is 0.145 e. The van der Waals surface area contributed by atoms with Gasteiger partial charge in [-0.1, -0.05) is 0 Å². The molecule has 0 spiro atoms. The lowest BCUT2D eigenvalue weighted by Crippen LogP contribution is -2.08. The van der Waals surface area contributed by atoms with Gasteiger partial charge in [0.2, 0.25) is 0 Å². The molecule has 0 aliphatic heterocycles. The van der Waals surface area contributed by atoms with E-state index in [0.717, 1.165) is 39.8 Å². The largest absolute Gasteiger partial charge is 0.372 e. The van der Waals surface area contributed by atoms with Crippen LogP contribution >= 0.6 is 27.3 Å². The number of aromatic nitrogens is 3. The van der Waals surface area contributed by atoms with Crippen LogP contribution in [0.4, 0.5) is 11.6 Å². The normalized spacial score (nSPS) is 10.4. The molecule has 0 aliphatic carbocycles. The molecule has 2 aromatic heterocycles. The molecule has 2 heterocycles. The summed E-state index contributed by atoms with van der Waals surface area (Å²) < 4.78 is 0.850. The van der Waals surface area contributed by atoms with Gasteiger partial charge in [0, 0.05) is 31.1 Å². The van der Waals surface area contributed by atoms with Crippen LogP contribution in [0.5, 0.6) is 0 Å². The number of anilines is 2. The van der Waals surface area contributed by atoms with Gasteiger partial charge in [-0.05, 0) is 22.9 Å². The molecule has 0 atom stereocenters. The highest BCUT2D eigenvalue weighted by atomic mass is 79.9. The summed E-state index contributed by atoms with van der Waals surface area (Å²) in [4.78, 5) is 12.7. The molecule has 7 heteroatoms. The lowest BCUT2D eigenvalue weighted by Gasteiger charge is -2.08. The minimum atomic E-state index is 0.776. The van der Waals surface area contributed by atoms with E-state index in [4.69, 9.17) is 0 Å². The van der Waals surface area contributed by atoms with E-state index in [1.807, 2.05) is 14.0 Å². The van der Waals surface area contributed by atoms with E-state index in [9.17, 15) is 0 Å². The Balaban J connectivity index is 1.94. The Morgan fingerprint density at radius 2 is 2.11 bits per heavy atom. The number of hydrogen-bond donors (Lipinski definition) is 2. The molecule has 5 nitrogen and oxygen atoms in total. The van der Waals surface area contributed by atoms with Crippen LogP contribution in [0.1, 0.15) is 10.7 Å². The number of hydrogen-bond acceptors (Lipinski definition) is 6. The molecule has 2 N–H and O–H groups in total. The highest BCUT2D eigenvalue weighted by molar-refractivity contribution is 9.10. The zero-order chi connectivity index (χ0) is 13.0. The molecule has 18 heavy (non-hydrogen) atoms. The van der Waals surface area contributed by atoms with Crippen LogP contribution in [0, 0.1) is 6.92 Å². The highest BCUT2D eigenvalue weighted by Gasteiger charge is 2.07. The van der Waals surface area contributed by atoms with E-state index < -0.39 is 0 Å². The fourth-order valence-electron chi connectivity index (χ4n) is 1.47. The number of aryl methyl sites for hydroxylation is 1. The van der Waals surface area contributed by atoms with Gasteiger partial charge in [-0.3, -0.25) is 0 Å². The number of halogens is 1. The summed E-state index contributed by atoms with van der Waals surface area (Å²) in [7, 11) is 1.83. The molecule has 0 aromatic carbocycles. The SMILES string of the molecule is CNc1ncnc(NCCc2nc(C)cs2)c1Br. The second-order valence-electron chi connectivity index (χ2n) is 3.69. The molecule has 96 valence electrons. The summed E-state index contributed by atoms with van der Waals surface area (Å²) in [5.74, 6) is 1.57. The summed E-state index contributed by atoms with van der Waals surface area (Å²) in [6, 6.07) is 0. The average molecular weight is 328 g/mol. The Hall–Kier alpha value is -1.21. The summed E-state index contributed by atoms with van der Waals surface area (Å²) in [6.07, 6.45) is 2.43. The van der Waals surface area contributed by atoms with E-state index >= 15 is 0 Å². The summed E-state index contributed by atoms with van der Waals surface area (Å²) in [5, 5.41) is 9.48. The van der Waals surface area contributed by atoms with E-state index in [1.165, 1.54) is 6.33 Å². The highest BCUT2D eigenvalue weighted by Crippen LogP contribution is 2.25. The average Bonchev–Trinajstić information content (AvgIpc) is 2.77. The van der Waals surface area contributed by atoms with Crippen LogP contribution < -0.4 is 10.6 Å². The van der Waals surface area contributed by atoms with Crippen LogP contribution in [0.25, 0.3) is 0 Å². The van der Waals surface area contributed by atoms with Gasteiger partial charge in [-0.15, -0.1) is 11.3 Å². The van der Waals surface area contributed by atoms with Gasteiger partial charge in [0.15, 0.2) is 0 Å². The van der Waals surface area contributed by atoms with Gasteiger partial charge in [-0.25, -0.2) is 15.0 Å². The zero-order valence-corrected chi connectivity index (χ0v) is 12.6. The third-order valence-corrected chi connectivity index (χ3v) is 4.10. The molecule has 0 amide bonds. The maximum atomic E-state index is 4.42. The third kappa shape index (κ3) is 3.17. The third-order valence-electron chi connectivity index (χ3n) is 2.32. The lowest BCUT2D eigenvalue weighted by atomic mass is 10.4. The van der Waals surface area contributed by atoms with E-state index in [1.54, 1.807) is 11.3 Å². The predicted octanol–water partition coefficient (Wildman–Crippen LogP) is 2.70. The molecule has 0 unspecified atom stereocenters. The first-order chi connectivity index (χ1) is 8.70. The number of rotatable bonds is 5. The minimum Gasteiger partial charge on any atom is -0.372 e. The molecule has 0 radical (unpaired) electrons. The van der Waals surface area contributed by atoms with Crippen LogP contribution in [-0.2, 0) is 6.42 Å². The molecule has 0 bridgehead atoms. The lowest BCUT2D eigenvalue weighted by molar-refractivity contribution is 0.971. The first-order valence-electron chi connectivity index (χ1n) is 5.54. The first-order valence-corrected chi connectivity index (χ1v) is 7.21. The minimum absolute atomic E-state index is 0.776. The molecule has 0 saturated carbocycles. The fraction of sp³-hybridized carbons (Fsp3) is 0.364. The Morgan fingerprint density at radius 1 is 1.33 bits per heavy atom. The van der Waals surface area contributed by atoms with Crippen molar-refractivity contribution in [3.05, 3.63) is 26.9 Å². The van der Waals surface area contributed by atoms with E-state index in [0.29, 0.717) is 0 Å². The van der Waals surface area contributed by atoms with Crippen LogP contribution in [0.2, 0.25) is 0 Å². The van der Waals surface area contributed by atoms with Crippen LogP contribution in [0.3, 0.4) is 0 Å². The van der Waals surface area contributed by atoms with Crippen molar-refractivity contribution in [1.82, 2.24) is 15.0 Å². The van der Waals surface area contributed by atoms with Gasteiger partial charge < -0.3 is 10.6 Å². The maximum Gasteiger partial charge on any atom is 0.145 e. The monoisotopic (exact) mass is 327 g/mol. The Bertz CT molecular complexity index is 528. The topological polar surface area (TPSA) is 62.7 Å². The second kappa shape index (κ2) is 6.10. The van der Waals surface area contributed by atoms with Gasteiger partial charge in [-0.2, -0.15) is 0 Å². The molecular weight excluding hydrogens is 314 g/mol. The summed E-state index contributed by atoms with van der Waals surface area (Å²) in [6.45, 7) is 2.80. The second-order valence-corrected chi connectivity index (χ2v) is 5.43. The molecule has 0 aliphatic rings. The Kier molecular flexibility index (Phi) is 4.48. The van der Waals surface area contributed by atoms with Crippen molar-refractivity contribution in [3.63, 3.8) is 0 Å². The fourth-order valence-corrected chi connectivity index (χ4v) is 2.79. The van der Waals surface area contributed by atoms with Crippen molar-refractivity contribution >= 4 is 38.9 Å². The molecule has 2 aromatic rings. The predicted molar refractivity (Wildman–Crippen MR) is 78.3 cm³/mol. The molecule has 0 saturated heterocycles. The van der Waals surface area contributed by atoms with Crippen molar-refractivity contribution in [3.8, 4) is 0 Å². The number of nitrogens with one attached hydrogen (secondary N) is 2. The quantitative estimate of drug-likeness (QED) is 0.884. The summed E-state index contributed by atoms with van der Waals surface area (Å²) >= 11 is 5.16. The van der Waals surface area contributed by atoms with E-state index in [-0.39, 0.29) is 0 Å². The van der Waals surface area contributed by atoms with Crippen LogP contribution in [0.15, 0.2) is 16.2 Å². The van der Waals surface area contributed by atoms with Gasteiger partial charge >= 0.3 is 0 Å². The van der Waals surface area contributed by atoms with Crippen molar-refractivity contribution < 1.29 is 0 Å². The molecule has 2 rings (SSSR count). The first kappa shape index (κ1) is 13.2. The summed E-state index contributed by atoms with van der Waals surface area (Å²) in [5.41, 5.74) is 1.08. The van der Waals surface area contributed by atoms with Crippen LogP contribution in [-0.4, -0.2) is 28.5 Å².